The maximum atomic E-state index is 5.55. The van der Waals surface area contributed by atoms with Crippen molar-refractivity contribution in [3.63, 3.8) is 0 Å². The summed E-state index contributed by atoms with van der Waals surface area (Å²) in [5, 5.41) is 16.1. The third-order valence-electron chi connectivity index (χ3n) is 5.44. The number of nitrogens with one attached hydrogen (secondary N) is 2. The SMILES string of the molecule is COc1cccc(Cn2cc(NC(=S)Nc3c(C)nn(Cc4ccc(C)cc4)c3C)cn2)c1. The quantitative estimate of drug-likeness (QED) is 0.382. The Balaban J connectivity index is 1.39. The second kappa shape index (κ2) is 9.87. The largest absolute Gasteiger partial charge is 0.497 e. The molecule has 4 aromatic rings. The van der Waals surface area contributed by atoms with E-state index in [1.54, 1.807) is 13.3 Å². The number of aryl methyl sites for hydroxylation is 2. The van der Waals surface area contributed by atoms with Gasteiger partial charge in [0, 0.05) is 6.20 Å². The second-order valence-electron chi connectivity index (χ2n) is 8.05. The van der Waals surface area contributed by atoms with Gasteiger partial charge in [-0.3, -0.25) is 9.36 Å². The molecule has 2 N–H and O–H groups in total. The average molecular weight is 461 g/mol. The Morgan fingerprint density at radius 3 is 2.55 bits per heavy atom. The molecule has 7 nitrogen and oxygen atoms in total. The fraction of sp³-hybridized carbons (Fsp3) is 0.240. The molecule has 2 heterocycles. The smallest absolute Gasteiger partial charge is 0.175 e. The number of benzene rings is 2. The zero-order valence-corrected chi connectivity index (χ0v) is 20.1. The molecule has 0 bridgehead atoms. The van der Waals surface area contributed by atoms with Gasteiger partial charge in [0.2, 0.25) is 0 Å². The molecule has 0 atom stereocenters. The van der Waals surface area contributed by atoms with Gasteiger partial charge in [-0.25, -0.2) is 0 Å². The van der Waals surface area contributed by atoms with Crippen LogP contribution in [0, 0.1) is 20.8 Å². The molecule has 2 aromatic heterocycles. The molecule has 0 saturated heterocycles. The maximum absolute atomic E-state index is 5.55. The molecular weight excluding hydrogens is 432 g/mol. The van der Waals surface area contributed by atoms with Crippen LogP contribution in [0.25, 0.3) is 0 Å². The molecule has 0 aliphatic rings. The molecule has 0 amide bonds. The van der Waals surface area contributed by atoms with E-state index in [9.17, 15) is 0 Å². The van der Waals surface area contributed by atoms with Crippen molar-refractivity contribution in [2.24, 2.45) is 0 Å². The fourth-order valence-corrected chi connectivity index (χ4v) is 3.87. The normalized spacial score (nSPS) is 10.8. The van der Waals surface area contributed by atoms with Crippen LogP contribution in [0.1, 0.15) is 28.1 Å². The highest BCUT2D eigenvalue weighted by Gasteiger charge is 2.13. The zero-order chi connectivity index (χ0) is 23.4. The Morgan fingerprint density at radius 1 is 1.00 bits per heavy atom. The van der Waals surface area contributed by atoms with E-state index in [0.717, 1.165) is 34.1 Å². The predicted octanol–water partition coefficient (Wildman–Crippen LogP) is 4.92. The summed E-state index contributed by atoms with van der Waals surface area (Å²) in [4.78, 5) is 0. The highest BCUT2D eigenvalue weighted by Crippen LogP contribution is 2.21. The van der Waals surface area contributed by atoms with Gasteiger partial charge in [0.25, 0.3) is 0 Å². The van der Waals surface area contributed by atoms with E-state index in [2.05, 4.69) is 46.9 Å². The number of rotatable bonds is 7. The van der Waals surface area contributed by atoms with Crippen molar-refractivity contribution in [1.82, 2.24) is 19.6 Å². The first-order valence-electron chi connectivity index (χ1n) is 10.7. The first-order valence-corrected chi connectivity index (χ1v) is 11.1. The van der Waals surface area contributed by atoms with Crippen molar-refractivity contribution in [3.8, 4) is 5.75 Å². The Hall–Kier alpha value is -3.65. The standard InChI is InChI=1S/C25H28N6OS/c1-17-8-10-20(11-9-17)15-31-19(3)24(18(2)29-31)28-25(33)27-22-13-26-30(16-22)14-21-6-5-7-23(12-21)32-4/h5-13,16H,14-15H2,1-4H3,(H2,27,28,33). The van der Waals surface area contributed by atoms with Crippen LogP contribution >= 0.6 is 12.2 Å². The third-order valence-corrected chi connectivity index (χ3v) is 5.65. The van der Waals surface area contributed by atoms with Gasteiger partial charge in [-0.2, -0.15) is 10.2 Å². The molecule has 0 fully saturated rings. The average Bonchev–Trinajstić information content (AvgIpc) is 3.34. The van der Waals surface area contributed by atoms with Crippen LogP contribution in [0.5, 0.6) is 5.75 Å². The van der Waals surface area contributed by atoms with E-state index in [0.29, 0.717) is 18.2 Å². The van der Waals surface area contributed by atoms with Crippen LogP contribution < -0.4 is 15.4 Å². The Morgan fingerprint density at radius 2 is 1.79 bits per heavy atom. The number of ether oxygens (including phenoxy) is 1. The number of nitrogens with zero attached hydrogens (tertiary/aromatic N) is 4. The number of hydrogen-bond donors (Lipinski definition) is 2. The molecule has 4 rings (SSSR count). The van der Waals surface area contributed by atoms with Gasteiger partial charge in [-0.15, -0.1) is 0 Å². The minimum atomic E-state index is 0.497. The number of methoxy groups -OCH3 is 1. The highest BCUT2D eigenvalue weighted by atomic mass is 32.1. The number of thiocarbonyl (C=S) groups is 1. The van der Waals surface area contributed by atoms with Gasteiger partial charge in [-0.1, -0.05) is 42.0 Å². The van der Waals surface area contributed by atoms with Gasteiger partial charge < -0.3 is 15.4 Å². The molecular formula is C25H28N6OS. The molecule has 0 spiro atoms. The molecule has 2 aromatic carbocycles. The highest BCUT2D eigenvalue weighted by molar-refractivity contribution is 7.80. The minimum Gasteiger partial charge on any atom is -0.497 e. The van der Waals surface area contributed by atoms with Crippen LogP contribution in [0.3, 0.4) is 0 Å². The van der Waals surface area contributed by atoms with Gasteiger partial charge in [0.15, 0.2) is 5.11 Å². The van der Waals surface area contributed by atoms with Crippen LogP contribution in [-0.4, -0.2) is 31.8 Å². The first kappa shape index (κ1) is 22.5. The maximum Gasteiger partial charge on any atom is 0.175 e. The lowest BCUT2D eigenvalue weighted by Crippen LogP contribution is -2.19. The molecule has 170 valence electrons. The lowest BCUT2D eigenvalue weighted by molar-refractivity contribution is 0.414. The topological polar surface area (TPSA) is 68.9 Å². The molecule has 33 heavy (non-hydrogen) atoms. The number of hydrogen-bond acceptors (Lipinski definition) is 4. The minimum absolute atomic E-state index is 0.497. The molecule has 0 aliphatic carbocycles. The van der Waals surface area contributed by atoms with E-state index in [-0.39, 0.29) is 0 Å². The lowest BCUT2D eigenvalue weighted by Gasteiger charge is -2.10. The van der Waals surface area contributed by atoms with E-state index < -0.39 is 0 Å². The van der Waals surface area contributed by atoms with Crippen molar-refractivity contribution in [3.05, 3.63) is 89.0 Å². The summed E-state index contributed by atoms with van der Waals surface area (Å²) in [6.07, 6.45) is 3.68. The van der Waals surface area contributed by atoms with Crippen molar-refractivity contribution in [2.45, 2.75) is 33.9 Å². The first-order chi connectivity index (χ1) is 15.9. The van der Waals surface area contributed by atoms with Crippen molar-refractivity contribution in [2.75, 3.05) is 17.7 Å². The van der Waals surface area contributed by atoms with E-state index in [1.165, 1.54) is 11.1 Å². The van der Waals surface area contributed by atoms with Gasteiger partial charge in [-0.05, 0) is 56.2 Å². The van der Waals surface area contributed by atoms with Crippen LogP contribution in [-0.2, 0) is 13.1 Å². The summed E-state index contributed by atoms with van der Waals surface area (Å²) in [5.41, 5.74) is 7.24. The van der Waals surface area contributed by atoms with Gasteiger partial charge in [0.05, 0.1) is 49.2 Å². The third kappa shape index (κ3) is 5.59. The molecule has 0 saturated carbocycles. The summed E-state index contributed by atoms with van der Waals surface area (Å²) in [5.74, 6) is 0.831. The zero-order valence-electron chi connectivity index (χ0n) is 19.3. The van der Waals surface area contributed by atoms with Crippen molar-refractivity contribution in [1.29, 1.82) is 0 Å². The summed E-state index contributed by atoms with van der Waals surface area (Å²) in [7, 11) is 1.67. The number of anilines is 2. The van der Waals surface area contributed by atoms with Crippen LogP contribution in [0.15, 0.2) is 60.9 Å². The summed E-state index contributed by atoms with van der Waals surface area (Å²) < 4.78 is 9.15. The summed E-state index contributed by atoms with van der Waals surface area (Å²) in [6, 6.07) is 16.4. The summed E-state index contributed by atoms with van der Waals surface area (Å²) >= 11 is 5.55. The van der Waals surface area contributed by atoms with Crippen LogP contribution in [0.4, 0.5) is 11.4 Å². The lowest BCUT2D eigenvalue weighted by atomic mass is 10.1. The van der Waals surface area contributed by atoms with E-state index >= 15 is 0 Å². The van der Waals surface area contributed by atoms with Crippen molar-refractivity contribution < 1.29 is 4.74 Å². The second-order valence-corrected chi connectivity index (χ2v) is 8.45. The monoisotopic (exact) mass is 460 g/mol. The Bertz CT molecular complexity index is 1260. The van der Waals surface area contributed by atoms with Gasteiger partial charge >= 0.3 is 0 Å². The fourth-order valence-electron chi connectivity index (χ4n) is 3.65. The van der Waals surface area contributed by atoms with Gasteiger partial charge in [0.1, 0.15) is 5.75 Å². The molecule has 8 heteroatoms. The Kier molecular flexibility index (Phi) is 6.74. The molecule has 0 radical (unpaired) electrons. The van der Waals surface area contributed by atoms with Crippen LogP contribution in [0.2, 0.25) is 0 Å². The Labute approximate surface area is 199 Å². The molecule has 0 aliphatic heterocycles. The predicted molar refractivity (Wildman–Crippen MR) is 136 cm³/mol. The summed E-state index contributed by atoms with van der Waals surface area (Å²) in [6.45, 7) is 7.47. The van der Waals surface area contributed by atoms with Crippen molar-refractivity contribution >= 4 is 28.7 Å². The van der Waals surface area contributed by atoms with E-state index in [4.69, 9.17) is 22.1 Å². The number of aromatic nitrogens is 4. The molecule has 0 unspecified atom stereocenters. The van der Waals surface area contributed by atoms with E-state index in [1.807, 2.05) is 53.7 Å².